The highest BCUT2D eigenvalue weighted by molar-refractivity contribution is 7.92. The van der Waals surface area contributed by atoms with E-state index in [-0.39, 0.29) is 29.0 Å². The second-order valence-electron chi connectivity index (χ2n) is 11.1. The van der Waals surface area contributed by atoms with Crippen LogP contribution in [0.15, 0.2) is 70.6 Å². The number of fused-ring (bicyclic) bond motifs is 1. The van der Waals surface area contributed by atoms with Gasteiger partial charge in [0.1, 0.15) is 23.4 Å². The Bertz CT molecular complexity index is 1590. The highest BCUT2D eigenvalue weighted by Crippen LogP contribution is 2.37. The molecular weight excluding hydrogens is 566 g/mol. The average Bonchev–Trinajstić information content (AvgIpc) is 3.37. The molecule has 0 bridgehead atoms. The van der Waals surface area contributed by atoms with Crippen molar-refractivity contribution in [1.82, 2.24) is 14.6 Å². The summed E-state index contributed by atoms with van der Waals surface area (Å²) in [5.74, 6) is 0.384. The molecule has 0 amide bonds. The minimum absolute atomic E-state index is 0.00729. The van der Waals surface area contributed by atoms with E-state index < -0.39 is 36.8 Å². The van der Waals surface area contributed by atoms with Crippen LogP contribution in [-0.4, -0.2) is 87.1 Å². The van der Waals surface area contributed by atoms with E-state index in [1.807, 2.05) is 24.3 Å². The standard InChI is InChI=1S/C29H37N3O7S2/c1-21(2)40(34,35)26-8-5-7-25(15-26)38-20-24(33)17-30-23-16-29(39-19-23)10-12-32(13-11-29)41(36,37)27-14-22-6-3-4-9-28(22)31-18-27/h3-9,14-15,18,21,23-24,30,33H,10-13,16-17,19-20H2,1-2H3/t23-,24?/m1/s1. The molecule has 10 nitrogen and oxygen atoms in total. The molecule has 2 aliphatic rings. The number of ether oxygens (including phenoxy) is 2. The Kier molecular flexibility index (Phi) is 8.70. The molecular formula is C29H37N3O7S2. The Labute approximate surface area is 241 Å². The zero-order valence-electron chi connectivity index (χ0n) is 23.3. The molecule has 12 heteroatoms. The van der Waals surface area contributed by atoms with E-state index in [0.29, 0.717) is 38.3 Å². The van der Waals surface area contributed by atoms with E-state index in [1.54, 1.807) is 32.0 Å². The number of rotatable bonds is 10. The molecule has 0 saturated carbocycles. The first-order valence-electron chi connectivity index (χ1n) is 13.9. The minimum Gasteiger partial charge on any atom is -0.491 e. The molecule has 1 unspecified atom stereocenters. The monoisotopic (exact) mass is 603 g/mol. The third kappa shape index (κ3) is 6.58. The van der Waals surface area contributed by atoms with Crippen LogP contribution < -0.4 is 10.1 Å². The first kappa shape index (κ1) is 29.9. The van der Waals surface area contributed by atoms with E-state index in [9.17, 15) is 21.9 Å². The van der Waals surface area contributed by atoms with Gasteiger partial charge in [0.25, 0.3) is 0 Å². The van der Waals surface area contributed by atoms with Gasteiger partial charge in [-0.25, -0.2) is 16.8 Å². The number of aromatic nitrogens is 1. The number of piperidine rings is 1. The fourth-order valence-corrected chi connectivity index (χ4v) is 7.88. The highest BCUT2D eigenvalue weighted by atomic mass is 32.2. The van der Waals surface area contributed by atoms with Crippen molar-refractivity contribution in [3.8, 4) is 5.75 Å². The van der Waals surface area contributed by atoms with Gasteiger partial charge in [0.2, 0.25) is 10.0 Å². The first-order chi connectivity index (χ1) is 19.5. The molecule has 1 aromatic heterocycles. The summed E-state index contributed by atoms with van der Waals surface area (Å²) in [6.07, 6.45) is 2.52. The number of benzene rings is 2. The lowest BCUT2D eigenvalue weighted by Crippen LogP contribution is -2.47. The zero-order chi connectivity index (χ0) is 29.3. The Balaban J connectivity index is 1.09. The lowest BCUT2D eigenvalue weighted by Gasteiger charge is -2.38. The van der Waals surface area contributed by atoms with E-state index >= 15 is 0 Å². The van der Waals surface area contributed by atoms with Crippen LogP contribution in [0.5, 0.6) is 5.75 Å². The topological polar surface area (TPSA) is 135 Å². The average molecular weight is 604 g/mol. The van der Waals surface area contributed by atoms with Crippen LogP contribution in [0, 0.1) is 0 Å². The largest absolute Gasteiger partial charge is 0.491 e. The van der Waals surface area contributed by atoms with Crippen molar-refractivity contribution in [3.63, 3.8) is 0 Å². The van der Waals surface area contributed by atoms with Crippen LogP contribution in [0.1, 0.15) is 33.1 Å². The summed E-state index contributed by atoms with van der Waals surface area (Å²) in [5.41, 5.74) is 0.361. The summed E-state index contributed by atoms with van der Waals surface area (Å²) in [4.78, 5) is 4.71. The molecule has 2 aromatic carbocycles. The van der Waals surface area contributed by atoms with Gasteiger partial charge in [-0.2, -0.15) is 4.31 Å². The third-order valence-electron chi connectivity index (χ3n) is 7.89. The van der Waals surface area contributed by atoms with Crippen LogP contribution in [0.4, 0.5) is 0 Å². The van der Waals surface area contributed by atoms with E-state index in [0.717, 1.165) is 17.3 Å². The van der Waals surface area contributed by atoms with Crippen LogP contribution in [-0.2, 0) is 24.6 Å². The van der Waals surface area contributed by atoms with Crippen molar-refractivity contribution in [2.45, 2.75) is 65.9 Å². The van der Waals surface area contributed by atoms with Crippen molar-refractivity contribution in [3.05, 3.63) is 60.8 Å². The van der Waals surface area contributed by atoms with Gasteiger partial charge in [0.15, 0.2) is 9.84 Å². The van der Waals surface area contributed by atoms with E-state index in [1.165, 1.54) is 22.6 Å². The number of aliphatic hydroxyl groups excluding tert-OH is 1. The van der Waals surface area contributed by atoms with Gasteiger partial charge in [-0.1, -0.05) is 24.3 Å². The smallest absolute Gasteiger partial charge is 0.244 e. The number of hydrogen-bond acceptors (Lipinski definition) is 9. The molecule has 222 valence electrons. The number of para-hydroxylation sites is 1. The minimum atomic E-state index is -3.66. The van der Waals surface area contributed by atoms with Crippen molar-refractivity contribution in [2.24, 2.45) is 0 Å². The molecule has 5 rings (SSSR count). The van der Waals surface area contributed by atoms with Gasteiger partial charge in [-0.15, -0.1) is 0 Å². The Morgan fingerprint density at radius 3 is 2.59 bits per heavy atom. The van der Waals surface area contributed by atoms with Gasteiger partial charge in [0.05, 0.1) is 27.9 Å². The normalized spacial score (nSPS) is 20.5. The van der Waals surface area contributed by atoms with Crippen molar-refractivity contribution < 1.29 is 31.4 Å². The Morgan fingerprint density at radius 2 is 1.83 bits per heavy atom. The summed E-state index contributed by atoms with van der Waals surface area (Å²) in [5, 5.41) is 14.0. The van der Waals surface area contributed by atoms with E-state index in [2.05, 4.69) is 10.3 Å². The van der Waals surface area contributed by atoms with Gasteiger partial charge < -0.3 is 19.9 Å². The number of hydrogen-bond donors (Lipinski definition) is 2. The van der Waals surface area contributed by atoms with Crippen molar-refractivity contribution in [2.75, 3.05) is 32.8 Å². The molecule has 2 atom stereocenters. The molecule has 2 fully saturated rings. The maximum atomic E-state index is 13.3. The number of nitrogens with one attached hydrogen (secondary N) is 1. The van der Waals surface area contributed by atoms with Crippen LogP contribution in [0.25, 0.3) is 10.9 Å². The third-order valence-corrected chi connectivity index (χ3v) is 11.9. The van der Waals surface area contributed by atoms with Gasteiger partial charge in [0, 0.05) is 37.3 Å². The van der Waals surface area contributed by atoms with E-state index in [4.69, 9.17) is 9.47 Å². The maximum absolute atomic E-state index is 13.3. The fraction of sp³-hybridized carbons (Fsp3) is 0.483. The number of aliphatic hydroxyl groups is 1. The molecule has 3 aromatic rings. The molecule has 3 heterocycles. The number of nitrogens with zero attached hydrogens (tertiary/aromatic N) is 2. The fourth-order valence-electron chi connectivity index (χ4n) is 5.37. The Hall–Kier alpha value is -2.61. The van der Waals surface area contributed by atoms with Crippen LogP contribution >= 0.6 is 0 Å². The van der Waals surface area contributed by atoms with Crippen molar-refractivity contribution in [1.29, 1.82) is 0 Å². The molecule has 0 aliphatic carbocycles. The lowest BCUT2D eigenvalue weighted by molar-refractivity contribution is -0.0312. The SMILES string of the molecule is CC(C)S(=O)(=O)c1cccc(OCC(O)CN[C@H]2COC3(CCN(S(=O)(=O)c4cnc5ccccc5c4)CC3)C2)c1. The molecule has 2 saturated heterocycles. The summed E-state index contributed by atoms with van der Waals surface area (Å²) >= 11 is 0. The highest BCUT2D eigenvalue weighted by Gasteiger charge is 2.44. The zero-order valence-corrected chi connectivity index (χ0v) is 24.9. The quantitative estimate of drug-likeness (QED) is 0.359. The Morgan fingerprint density at radius 1 is 1.07 bits per heavy atom. The summed E-state index contributed by atoms with van der Waals surface area (Å²) in [6.45, 7) is 4.75. The maximum Gasteiger partial charge on any atom is 0.244 e. The molecule has 41 heavy (non-hydrogen) atoms. The van der Waals surface area contributed by atoms with Crippen LogP contribution in [0.2, 0.25) is 0 Å². The predicted molar refractivity (Wildman–Crippen MR) is 155 cm³/mol. The number of pyridine rings is 1. The lowest BCUT2D eigenvalue weighted by atomic mass is 9.88. The second-order valence-corrected chi connectivity index (χ2v) is 15.5. The molecule has 2 N–H and O–H groups in total. The summed E-state index contributed by atoms with van der Waals surface area (Å²) in [6, 6.07) is 15.4. The van der Waals surface area contributed by atoms with Gasteiger partial charge in [-0.3, -0.25) is 4.98 Å². The summed E-state index contributed by atoms with van der Waals surface area (Å²) in [7, 11) is -7.07. The number of sulfonamides is 1. The molecule has 2 aliphatic heterocycles. The van der Waals surface area contributed by atoms with Gasteiger partial charge in [-0.05, 0) is 63.4 Å². The first-order valence-corrected chi connectivity index (χ1v) is 16.8. The number of sulfone groups is 1. The predicted octanol–water partition coefficient (Wildman–Crippen LogP) is 2.76. The second kappa shape index (κ2) is 11.9. The van der Waals surface area contributed by atoms with Crippen LogP contribution in [0.3, 0.4) is 0 Å². The summed E-state index contributed by atoms with van der Waals surface area (Å²) < 4.78 is 64.8. The van der Waals surface area contributed by atoms with Crippen molar-refractivity contribution >= 4 is 30.8 Å². The van der Waals surface area contributed by atoms with Gasteiger partial charge >= 0.3 is 0 Å². The molecule has 1 spiro atoms. The molecule has 0 radical (unpaired) electrons.